The maximum absolute atomic E-state index is 14.9. The number of halogens is 2. The number of nitriles is 1. The summed E-state index contributed by atoms with van der Waals surface area (Å²) >= 11 is 0. The van der Waals surface area contributed by atoms with Crippen molar-refractivity contribution in [2.75, 3.05) is 17.7 Å². The molecule has 1 aliphatic heterocycles. The fourth-order valence-corrected chi connectivity index (χ4v) is 5.25. The van der Waals surface area contributed by atoms with Crippen LogP contribution in [0.1, 0.15) is 25.0 Å². The number of rotatable bonds is 4. The number of anilines is 2. The second-order valence-corrected chi connectivity index (χ2v) is 10.9. The van der Waals surface area contributed by atoms with Gasteiger partial charge in [0.15, 0.2) is 5.82 Å². The molecule has 0 saturated heterocycles. The van der Waals surface area contributed by atoms with Crippen molar-refractivity contribution in [2.24, 2.45) is 10.7 Å². The molecule has 3 aromatic rings. The summed E-state index contributed by atoms with van der Waals surface area (Å²) in [6, 6.07) is 7.40. The molecule has 2 aromatic heterocycles. The van der Waals surface area contributed by atoms with Crippen molar-refractivity contribution < 1.29 is 17.9 Å². The highest BCUT2D eigenvalue weighted by molar-refractivity contribution is 8.26. The standard InChI is InChI=1S/C21H21F2N7O2S/c1-20(2)19(25)30-21(9-22,10-33(20,31)32)14-6-13(3-4-15(14)23)29-18-17-16(27-11-28-18)5-12(7-24)8-26-17/h3-6,8,11,31-32H,9-10H2,1-2H3,(H2,25,30)(H,27,28,29)/t21-/m0/s1. The Balaban J connectivity index is 1.79. The summed E-state index contributed by atoms with van der Waals surface area (Å²) in [5.41, 5.74) is 5.37. The smallest absolute Gasteiger partial charge is 0.160 e. The first-order chi connectivity index (χ1) is 15.5. The Labute approximate surface area is 189 Å². The second kappa shape index (κ2) is 7.87. The average Bonchev–Trinajstić information content (AvgIpc) is 2.78. The van der Waals surface area contributed by atoms with Gasteiger partial charge in [0.1, 0.15) is 46.5 Å². The van der Waals surface area contributed by atoms with Crippen LogP contribution < -0.4 is 11.1 Å². The van der Waals surface area contributed by atoms with Gasteiger partial charge in [-0.3, -0.25) is 14.1 Å². The zero-order valence-corrected chi connectivity index (χ0v) is 18.6. The van der Waals surface area contributed by atoms with Crippen LogP contribution in [0.2, 0.25) is 0 Å². The van der Waals surface area contributed by atoms with Crippen molar-refractivity contribution in [3.63, 3.8) is 0 Å². The highest BCUT2D eigenvalue weighted by Crippen LogP contribution is 2.59. The van der Waals surface area contributed by atoms with Crippen molar-refractivity contribution in [2.45, 2.75) is 24.1 Å². The van der Waals surface area contributed by atoms with Crippen LogP contribution in [0.15, 0.2) is 41.8 Å². The summed E-state index contributed by atoms with van der Waals surface area (Å²) in [4.78, 5) is 16.7. The average molecular weight is 474 g/mol. The maximum Gasteiger partial charge on any atom is 0.160 e. The van der Waals surface area contributed by atoms with E-state index in [1.165, 1.54) is 38.5 Å². The minimum atomic E-state index is -3.44. The Morgan fingerprint density at radius 1 is 1.24 bits per heavy atom. The first kappa shape index (κ1) is 22.8. The van der Waals surface area contributed by atoms with Crippen LogP contribution in [-0.4, -0.2) is 47.1 Å². The molecule has 9 nitrogen and oxygen atoms in total. The number of alkyl halides is 1. The molecule has 0 bridgehead atoms. The number of hydrogen-bond acceptors (Lipinski definition) is 9. The topological polar surface area (TPSA) is 153 Å². The number of benzene rings is 1. The number of nitrogens with zero attached hydrogens (tertiary/aromatic N) is 5. The predicted octanol–water partition coefficient (Wildman–Crippen LogP) is 3.84. The van der Waals surface area contributed by atoms with Gasteiger partial charge in [-0.2, -0.15) is 15.9 Å². The van der Waals surface area contributed by atoms with Crippen LogP contribution in [0.4, 0.5) is 20.3 Å². The lowest BCUT2D eigenvalue weighted by atomic mass is 9.92. The maximum atomic E-state index is 14.9. The van der Waals surface area contributed by atoms with Crippen molar-refractivity contribution in [1.29, 1.82) is 5.26 Å². The molecule has 1 aromatic carbocycles. The number of pyridine rings is 1. The number of aromatic nitrogens is 3. The van der Waals surface area contributed by atoms with Gasteiger partial charge in [-0.05, 0) is 38.1 Å². The number of nitrogens with one attached hydrogen (secondary N) is 1. The van der Waals surface area contributed by atoms with Crippen LogP contribution in [0.5, 0.6) is 0 Å². The summed E-state index contributed by atoms with van der Waals surface area (Å²) in [5.74, 6) is -1.16. The molecule has 1 atom stereocenters. The van der Waals surface area contributed by atoms with Gasteiger partial charge in [0.05, 0.1) is 16.8 Å². The number of hydrogen-bond donors (Lipinski definition) is 4. The van der Waals surface area contributed by atoms with Crippen molar-refractivity contribution in [3.8, 4) is 6.07 Å². The van der Waals surface area contributed by atoms with E-state index in [4.69, 9.17) is 11.0 Å². The number of fused-ring (bicyclic) bond motifs is 1. The molecule has 33 heavy (non-hydrogen) atoms. The van der Waals surface area contributed by atoms with Gasteiger partial charge in [-0.1, -0.05) is 0 Å². The normalized spacial score (nSPS) is 22.3. The Morgan fingerprint density at radius 2 is 2.00 bits per heavy atom. The fourth-order valence-electron chi connectivity index (χ4n) is 3.55. The first-order valence-electron chi connectivity index (χ1n) is 9.78. The molecular weight excluding hydrogens is 452 g/mol. The zero-order chi connectivity index (χ0) is 24.0. The third kappa shape index (κ3) is 3.74. The number of amidine groups is 1. The molecule has 0 radical (unpaired) electrons. The van der Waals surface area contributed by atoms with E-state index in [2.05, 4.69) is 25.3 Å². The van der Waals surface area contributed by atoms with E-state index in [9.17, 15) is 17.9 Å². The van der Waals surface area contributed by atoms with Crippen LogP contribution in [-0.2, 0) is 5.54 Å². The van der Waals surface area contributed by atoms with Crippen LogP contribution in [0.25, 0.3) is 11.0 Å². The largest absolute Gasteiger partial charge is 0.386 e. The van der Waals surface area contributed by atoms with E-state index >= 15 is 0 Å². The second-order valence-electron chi connectivity index (χ2n) is 8.23. The molecule has 5 N–H and O–H groups in total. The molecule has 0 saturated carbocycles. The Morgan fingerprint density at radius 3 is 2.67 bits per heavy atom. The summed E-state index contributed by atoms with van der Waals surface area (Å²) in [6.45, 7) is 1.82. The number of nitrogens with two attached hydrogens (primary N) is 1. The molecule has 1 aliphatic rings. The lowest BCUT2D eigenvalue weighted by Gasteiger charge is -2.53. The zero-order valence-electron chi connectivity index (χ0n) is 17.8. The highest BCUT2D eigenvalue weighted by Gasteiger charge is 2.51. The molecule has 0 spiro atoms. The van der Waals surface area contributed by atoms with Gasteiger partial charge < -0.3 is 11.1 Å². The minimum Gasteiger partial charge on any atom is -0.386 e. The quantitative estimate of drug-likeness (QED) is 0.446. The molecular formula is C21H21F2N7O2S. The predicted molar refractivity (Wildman–Crippen MR) is 123 cm³/mol. The third-order valence-corrected chi connectivity index (χ3v) is 8.49. The highest BCUT2D eigenvalue weighted by atomic mass is 32.3. The van der Waals surface area contributed by atoms with E-state index in [0.717, 1.165) is 6.07 Å². The molecule has 3 heterocycles. The molecule has 172 valence electrons. The van der Waals surface area contributed by atoms with Gasteiger partial charge in [0.2, 0.25) is 0 Å². The van der Waals surface area contributed by atoms with Gasteiger partial charge in [0.25, 0.3) is 0 Å². The molecule has 0 aliphatic carbocycles. The first-order valence-corrected chi connectivity index (χ1v) is 11.5. The van der Waals surface area contributed by atoms with Crippen LogP contribution >= 0.6 is 10.6 Å². The Bertz CT molecular complexity index is 1330. The van der Waals surface area contributed by atoms with E-state index < -0.39 is 39.1 Å². The molecule has 0 fully saturated rings. The third-order valence-electron chi connectivity index (χ3n) is 5.76. The monoisotopic (exact) mass is 473 g/mol. The molecule has 0 amide bonds. The summed E-state index contributed by atoms with van der Waals surface area (Å²) < 4.78 is 49.4. The SMILES string of the molecule is CC1(C)C(N)=N[C@](CF)(c2cc(Nc3ncnc4cc(C#N)cnc34)ccc2F)CS1(O)O. The molecule has 12 heteroatoms. The van der Waals surface area contributed by atoms with Crippen molar-refractivity contribution >= 4 is 39.0 Å². The Hall–Kier alpha value is -3.40. The van der Waals surface area contributed by atoms with Gasteiger partial charge in [-0.25, -0.2) is 23.7 Å². The van der Waals surface area contributed by atoms with Gasteiger partial charge >= 0.3 is 0 Å². The number of aliphatic imine (C=N–C) groups is 1. The molecule has 4 rings (SSSR count). The summed E-state index contributed by atoms with van der Waals surface area (Å²) in [5, 5.41) is 12.0. The summed E-state index contributed by atoms with van der Waals surface area (Å²) in [7, 11) is -3.44. The van der Waals surface area contributed by atoms with E-state index in [0.29, 0.717) is 22.3 Å². The van der Waals surface area contributed by atoms with Crippen LogP contribution in [0, 0.1) is 17.1 Å². The van der Waals surface area contributed by atoms with E-state index in [-0.39, 0.29) is 17.2 Å². The fraction of sp³-hybridized carbons (Fsp3) is 0.286. The minimum absolute atomic E-state index is 0.163. The lowest BCUT2D eigenvalue weighted by molar-refractivity contribution is 0.312. The summed E-state index contributed by atoms with van der Waals surface area (Å²) in [6.07, 6.45) is 2.65. The van der Waals surface area contributed by atoms with Crippen molar-refractivity contribution in [1.82, 2.24) is 15.0 Å². The van der Waals surface area contributed by atoms with E-state index in [1.807, 2.05) is 6.07 Å². The van der Waals surface area contributed by atoms with Crippen LogP contribution in [0.3, 0.4) is 0 Å². The van der Waals surface area contributed by atoms with Crippen molar-refractivity contribution in [3.05, 3.63) is 53.7 Å². The van der Waals surface area contributed by atoms with Gasteiger partial charge in [-0.15, -0.1) is 0 Å². The van der Waals surface area contributed by atoms with Gasteiger partial charge in [0, 0.05) is 17.4 Å². The Kier molecular flexibility index (Phi) is 5.44. The van der Waals surface area contributed by atoms with E-state index in [1.54, 1.807) is 6.07 Å². The molecule has 0 unspecified atom stereocenters. The lowest BCUT2D eigenvalue weighted by Crippen LogP contribution is -2.53.